The number of nitrogens with two attached hydrogens (primary N) is 1. The third kappa shape index (κ3) is 8.15. The second-order valence-electron chi connectivity index (χ2n) is 10.2. The quantitative estimate of drug-likeness (QED) is 0.250. The Balaban J connectivity index is 1.56. The zero-order valence-corrected chi connectivity index (χ0v) is 23.9. The Labute approximate surface area is 241 Å². The molecule has 0 amide bonds. The topological polar surface area (TPSA) is 123 Å². The highest BCUT2D eigenvalue weighted by Gasteiger charge is 2.25. The molecule has 1 fully saturated rings. The van der Waals surface area contributed by atoms with Gasteiger partial charge in [0.25, 0.3) is 0 Å². The number of carbonyl (C=O) groups excluding carboxylic acids is 1. The number of hydrogen-bond acceptors (Lipinski definition) is 9. The fourth-order valence-electron chi connectivity index (χ4n) is 4.85. The Bertz CT molecular complexity index is 1380. The minimum Gasteiger partial charge on any atom is -0.493 e. The number of allylic oxidation sites excluding steroid dienone is 1. The van der Waals surface area contributed by atoms with Crippen molar-refractivity contribution in [3.8, 4) is 22.8 Å². The summed E-state index contributed by atoms with van der Waals surface area (Å²) in [5.41, 5.74) is 9.01. The highest BCUT2D eigenvalue weighted by Crippen LogP contribution is 2.31. The first kappa shape index (κ1) is 29.8. The first-order valence-corrected chi connectivity index (χ1v) is 13.8. The lowest BCUT2D eigenvalue weighted by Crippen LogP contribution is -2.38. The Morgan fingerprint density at radius 1 is 1.05 bits per heavy atom. The summed E-state index contributed by atoms with van der Waals surface area (Å²) in [6.07, 6.45) is 7.20. The van der Waals surface area contributed by atoms with Crippen molar-refractivity contribution in [3.63, 3.8) is 0 Å². The van der Waals surface area contributed by atoms with Crippen molar-refractivity contribution in [2.75, 3.05) is 34.4 Å². The van der Waals surface area contributed by atoms with Crippen LogP contribution in [0, 0.1) is 5.92 Å². The lowest BCUT2D eigenvalue weighted by Gasteiger charge is -2.26. The largest absolute Gasteiger partial charge is 0.493 e. The van der Waals surface area contributed by atoms with Gasteiger partial charge in [-0.2, -0.15) is 0 Å². The van der Waals surface area contributed by atoms with Crippen LogP contribution < -0.4 is 20.5 Å². The third-order valence-corrected chi connectivity index (χ3v) is 7.21. The first-order valence-electron chi connectivity index (χ1n) is 13.8. The molecule has 4 N–H and O–H groups in total. The van der Waals surface area contributed by atoms with E-state index in [4.69, 9.17) is 15.2 Å². The smallest absolute Gasteiger partial charge is 0.181 e. The Kier molecular flexibility index (Phi) is 10.5. The van der Waals surface area contributed by atoms with Crippen molar-refractivity contribution in [1.29, 1.82) is 0 Å². The number of aliphatic hydroxyl groups is 1. The van der Waals surface area contributed by atoms with Crippen LogP contribution in [-0.2, 0) is 4.79 Å². The minimum absolute atomic E-state index is 0.0253. The number of nitrogens with zero attached hydrogens (tertiary/aromatic N) is 3. The van der Waals surface area contributed by atoms with E-state index in [1.54, 1.807) is 38.6 Å². The molecule has 41 heavy (non-hydrogen) atoms. The molecule has 1 aromatic heterocycles. The van der Waals surface area contributed by atoms with E-state index < -0.39 is 6.23 Å². The Morgan fingerprint density at radius 3 is 2.59 bits per heavy atom. The standard InChI is InChI=1S/C32H39N5O4/c1-37-17-8-7-11-23(15-18-37)31(38)27(19-22-9-5-4-6-10-22)36-32(39)25(33)21-30-34-16-14-26(35-30)24-12-13-28(40-2)29(20-24)41-3/h4-6,9-10,12-14,16,19-21,23,32,36,39H,7-8,11,15,17-18,33H2,1-3H3/b25-21?,27-19+. The molecule has 1 saturated heterocycles. The van der Waals surface area contributed by atoms with Gasteiger partial charge in [-0.25, -0.2) is 9.97 Å². The molecule has 9 nitrogen and oxygen atoms in total. The molecule has 3 aromatic rings. The van der Waals surface area contributed by atoms with Gasteiger partial charge < -0.3 is 30.5 Å². The molecule has 1 aliphatic heterocycles. The number of likely N-dealkylation sites (tertiary alicyclic amines) is 1. The molecule has 2 unspecified atom stereocenters. The number of hydrogen-bond donors (Lipinski definition) is 3. The van der Waals surface area contributed by atoms with Gasteiger partial charge in [0.1, 0.15) is 0 Å². The number of ether oxygens (including phenoxy) is 2. The van der Waals surface area contributed by atoms with Gasteiger partial charge in [0.2, 0.25) is 0 Å². The molecule has 0 aliphatic carbocycles. The zero-order chi connectivity index (χ0) is 29.2. The van der Waals surface area contributed by atoms with E-state index in [1.165, 1.54) is 6.08 Å². The van der Waals surface area contributed by atoms with Crippen LogP contribution >= 0.6 is 0 Å². The van der Waals surface area contributed by atoms with E-state index in [1.807, 2.05) is 42.5 Å². The van der Waals surface area contributed by atoms with Crippen LogP contribution in [0.2, 0.25) is 0 Å². The first-order chi connectivity index (χ1) is 19.9. The number of rotatable bonds is 10. The molecule has 216 valence electrons. The highest BCUT2D eigenvalue weighted by atomic mass is 16.5. The lowest BCUT2D eigenvalue weighted by molar-refractivity contribution is -0.120. The van der Waals surface area contributed by atoms with E-state index >= 15 is 0 Å². The molecule has 2 atom stereocenters. The average molecular weight is 558 g/mol. The summed E-state index contributed by atoms with van der Waals surface area (Å²) in [7, 11) is 5.24. The summed E-state index contributed by atoms with van der Waals surface area (Å²) in [5.74, 6) is 1.35. The van der Waals surface area contributed by atoms with E-state index in [2.05, 4.69) is 27.2 Å². The maximum atomic E-state index is 13.7. The Morgan fingerprint density at radius 2 is 1.83 bits per heavy atom. The monoisotopic (exact) mass is 557 g/mol. The molecule has 0 spiro atoms. The SMILES string of the molecule is COc1ccc(-c2ccnc(C=C(N)C(O)N/C(=C/c3ccccc3)C(=O)C3CCCCN(C)CC3)n2)cc1OC. The minimum atomic E-state index is -1.32. The van der Waals surface area contributed by atoms with Crippen LogP contribution in [0.5, 0.6) is 11.5 Å². The number of benzene rings is 2. The van der Waals surface area contributed by atoms with Gasteiger partial charge in [0.05, 0.1) is 31.3 Å². The maximum Gasteiger partial charge on any atom is 0.181 e. The fraction of sp³-hybridized carbons (Fsp3) is 0.344. The van der Waals surface area contributed by atoms with Gasteiger partial charge >= 0.3 is 0 Å². The van der Waals surface area contributed by atoms with Gasteiger partial charge in [-0.05, 0) is 75.3 Å². The van der Waals surface area contributed by atoms with Crippen LogP contribution in [0.3, 0.4) is 0 Å². The maximum absolute atomic E-state index is 13.7. The van der Waals surface area contributed by atoms with Gasteiger partial charge in [-0.1, -0.05) is 36.8 Å². The third-order valence-electron chi connectivity index (χ3n) is 7.21. The van der Waals surface area contributed by atoms with Crippen molar-refractivity contribution in [3.05, 3.63) is 83.6 Å². The normalized spacial score (nSPS) is 17.7. The van der Waals surface area contributed by atoms with Crippen molar-refractivity contribution in [2.24, 2.45) is 11.7 Å². The van der Waals surface area contributed by atoms with E-state index in [0.717, 1.165) is 49.9 Å². The van der Waals surface area contributed by atoms with Crippen LogP contribution in [0.15, 0.2) is 72.2 Å². The van der Waals surface area contributed by atoms with Crippen LogP contribution in [-0.4, -0.2) is 66.3 Å². The second-order valence-corrected chi connectivity index (χ2v) is 10.2. The predicted octanol–water partition coefficient (Wildman–Crippen LogP) is 4.10. The number of aromatic nitrogens is 2. The summed E-state index contributed by atoms with van der Waals surface area (Å²) < 4.78 is 10.7. The number of nitrogens with one attached hydrogen (secondary N) is 1. The van der Waals surface area contributed by atoms with E-state index in [0.29, 0.717) is 28.7 Å². The van der Waals surface area contributed by atoms with E-state index in [9.17, 15) is 9.90 Å². The summed E-state index contributed by atoms with van der Waals surface area (Å²) in [6.45, 7) is 1.90. The molecule has 9 heteroatoms. The summed E-state index contributed by atoms with van der Waals surface area (Å²) in [4.78, 5) is 24.9. The zero-order valence-electron chi connectivity index (χ0n) is 23.9. The molecule has 0 bridgehead atoms. The molecule has 0 saturated carbocycles. The molecule has 2 aromatic carbocycles. The average Bonchev–Trinajstić information content (AvgIpc) is 2.98. The van der Waals surface area contributed by atoms with Crippen molar-refractivity contribution < 1.29 is 19.4 Å². The molecular weight excluding hydrogens is 518 g/mol. The van der Waals surface area contributed by atoms with Gasteiger partial charge in [0, 0.05) is 23.8 Å². The van der Waals surface area contributed by atoms with Gasteiger partial charge in [-0.3, -0.25) is 4.79 Å². The number of carbonyl (C=O) groups is 1. The van der Waals surface area contributed by atoms with Crippen LogP contribution in [0.4, 0.5) is 0 Å². The number of methoxy groups -OCH3 is 2. The van der Waals surface area contributed by atoms with Gasteiger partial charge in [0.15, 0.2) is 29.3 Å². The van der Waals surface area contributed by atoms with Crippen LogP contribution in [0.1, 0.15) is 37.1 Å². The Hall–Kier alpha value is -4.21. The van der Waals surface area contributed by atoms with E-state index in [-0.39, 0.29) is 17.4 Å². The van der Waals surface area contributed by atoms with Crippen LogP contribution in [0.25, 0.3) is 23.4 Å². The fourth-order valence-corrected chi connectivity index (χ4v) is 4.85. The summed E-state index contributed by atoms with van der Waals surface area (Å²) >= 11 is 0. The summed E-state index contributed by atoms with van der Waals surface area (Å²) in [5, 5.41) is 14.0. The highest BCUT2D eigenvalue weighted by molar-refractivity contribution is 6.00. The number of Topliss-reactive ketones (excluding diaryl/α,β-unsaturated/α-hetero) is 1. The second kappa shape index (κ2) is 14.4. The van der Waals surface area contributed by atoms with Gasteiger partial charge in [-0.15, -0.1) is 0 Å². The molecular formula is C32H39N5O4. The van der Waals surface area contributed by atoms with Crippen molar-refractivity contribution in [1.82, 2.24) is 20.2 Å². The molecule has 2 heterocycles. The number of aliphatic hydroxyl groups excluding tert-OH is 1. The molecule has 1 aliphatic rings. The predicted molar refractivity (Wildman–Crippen MR) is 161 cm³/mol. The van der Waals surface area contributed by atoms with Crippen molar-refractivity contribution >= 4 is 17.9 Å². The number of ketones is 1. The lowest BCUT2D eigenvalue weighted by atomic mass is 9.90. The molecule has 0 radical (unpaired) electrons. The summed E-state index contributed by atoms with van der Waals surface area (Å²) in [6, 6.07) is 16.8. The van der Waals surface area contributed by atoms with Crippen molar-refractivity contribution in [2.45, 2.75) is 31.9 Å². The molecule has 4 rings (SSSR count).